The van der Waals surface area contributed by atoms with E-state index >= 15 is 4.79 Å². The van der Waals surface area contributed by atoms with Gasteiger partial charge < -0.3 is 5.11 Å². The first kappa shape index (κ1) is 23.8. The number of hydrogen-bond acceptors (Lipinski definition) is 4. The molecule has 1 aliphatic heterocycles. The lowest BCUT2D eigenvalue weighted by Crippen LogP contribution is -2.58. The minimum atomic E-state index is -1.30. The molecule has 202 valence electrons. The molecule has 2 fully saturated rings. The standard InChI is InChI=1S/C37H32N2O2/c1-21(2)22-14-16-23(17-15-22)30-20-39(3)37-28-12-7-10-24-9-6-11-27(32(24)28)36(37,41)29-19-35(30,37)34(40)26-18-25-8-4-5-13-31(25)38-33(26)29/h4-18,21,29-30,41H,19-20H2,1-3H3/t29-,30+,35-,36-,37+/m0/s1. The van der Waals surface area contributed by atoms with Crippen molar-refractivity contribution in [3.05, 3.63) is 125 Å². The number of hydrogen-bond donors (Lipinski definition) is 1. The number of pyridine rings is 1. The Morgan fingerprint density at radius 3 is 2.34 bits per heavy atom. The van der Waals surface area contributed by atoms with Crippen LogP contribution < -0.4 is 0 Å². The molecule has 3 aliphatic carbocycles. The highest BCUT2D eigenvalue weighted by Crippen LogP contribution is 2.81. The second-order valence-electron chi connectivity index (χ2n) is 13.1. The zero-order chi connectivity index (χ0) is 27.9. The molecule has 0 radical (unpaired) electrons. The van der Waals surface area contributed by atoms with Gasteiger partial charge in [-0.1, -0.05) is 92.7 Å². The SMILES string of the molecule is CC(C)c1ccc([C@H]2CN(C)[C@@]34c5cccc6cccc(c56)[C@]3(O)[C@H]3C[C@@]24C(=O)c2cc4ccccc4nc23)cc1. The van der Waals surface area contributed by atoms with Gasteiger partial charge in [-0.15, -0.1) is 0 Å². The second-order valence-corrected chi connectivity index (χ2v) is 13.1. The number of ketones is 1. The average Bonchev–Trinajstić information content (AvgIpc) is 3.49. The highest BCUT2D eigenvalue weighted by atomic mass is 16.3. The van der Waals surface area contributed by atoms with E-state index in [0.29, 0.717) is 24.4 Å². The van der Waals surface area contributed by atoms with E-state index in [1.165, 1.54) is 11.1 Å². The molecule has 0 amide bonds. The number of carbonyl (C=O) groups excluding carboxylic acids is 1. The molecule has 1 aromatic heterocycles. The number of aromatic nitrogens is 1. The predicted molar refractivity (Wildman–Crippen MR) is 161 cm³/mol. The van der Waals surface area contributed by atoms with E-state index in [4.69, 9.17) is 4.98 Å². The molecule has 4 aromatic carbocycles. The molecule has 1 N–H and O–H groups in total. The Bertz CT molecular complexity index is 1960. The molecule has 2 spiro atoms. The Morgan fingerprint density at radius 2 is 1.59 bits per heavy atom. The van der Waals surface area contributed by atoms with Crippen molar-refractivity contribution >= 4 is 27.5 Å². The fourth-order valence-electron chi connectivity index (χ4n) is 9.83. The number of carbonyl (C=O) groups is 1. The van der Waals surface area contributed by atoms with Gasteiger partial charge in [0, 0.05) is 29.3 Å². The Balaban J connectivity index is 1.41. The molecule has 4 heteroatoms. The predicted octanol–water partition coefficient (Wildman–Crippen LogP) is 7.01. The summed E-state index contributed by atoms with van der Waals surface area (Å²) in [6, 6.07) is 31.7. The molecule has 1 saturated heterocycles. The van der Waals surface area contributed by atoms with Gasteiger partial charge in [0.2, 0.25) is 0 Å². The molecule has 2 bridgehead atoms. The lowest BCUT2D eigenvalue weighted by Gasteiger charge is -2.48. The fourth-order valence-corrected chi connectivity index (χ4v) is 9.83. The molecule has 5 aromatic rings. The summed E-state index contributed by atoms with van der Waals surface area (Å²) < 4.78 is 0. The highest BCUT2D eigenvalue weighted by molar-refractivity contribution is 6.10. The van der Waals surface area contributed by atoms with Crippen molar-refractivity contribution in [1.82, 2.24) is 9.88 Å². The van der Waals surface area contributed by atoms with Crippen molar-refractivity contribution in [1.29, 1.82) is 0 Å². The summed E-state index contributed by atoms with van der Waals surface area (Å²) in [5.74, 6) is 0.190. The molecule has 1 saturated carbocycles. The van der Waals surface area contributed by atoms with Gasteiger partial charge in [0.15, 0.2) is 5.78 Å². The number of rotatable bonds is 2. The third kappa shape index (κ3) is 2.41. The smallest absolute Gasteiger partial charge is 0.173 e. The van der Waals surface area contributed by atoms with E-state index in [0.717, 1.165) is 38.5 Å². The minimum Gasteiger partial charge on any atom is -0.382 e. The zero-order valence-corrected chi connectivity index (χ0v) is 23.6. The topological polar surface area (TPSA) is 53.4 Å². The Labute approximate surface area is 239 Å². The molecule has 41 heavy (non-hydrogen) atoms. The number of Topliss-reactive ketones (excluding diaryl/α,β-unsaturated/α-hetero) is 1. The van der Waals surface area contributed by atoms with Gasteiger partial charge in [0.05, 0.1) is 22.2 Å². The van der Waals surface area contributed by atoms with Crippen molar-refractivity contribution in [2.45, 2.75) is 49.2 Å². The first-order valence-electron chi connectivity index (χ1n) is 14.8. The van der Waals surface area contributed by atoms with Crippen molar-refractivity contribution in [3.63, 3.8) is 0 Å². The normalized spacial score (nSPS) is 31.2. The molecule has 9 rings (SSSR count). The minimum absolute atomic E-state index is 0.0677. The monoisotopic (exact) mass is 536 g/mol. The summed E-state index contributed by atoms with van der Waals surface area (Å²) in [6.07, 6.45) is 0.576. The van der Waals surface area contributed by atoms with E-state index in [1.54, 1.807) is 0 Å². The van der Waals surface area contributed by atoms with E-state index in [-0.39, 0.29) is 17.6 Å². The van der Waals surface area contributed by atoms with Crippen LogP contribution in [0.2, 0.25) is 0 Å². The Hall–Kier alpha value is -3.86. The van der Waals surface area contributed by atoms with Crippen molar-refractivity contribution < 1.29 is 9.90 Å². The molecule has 5 atom stereocenters. The number of nitrogens with zero attached hydrogens (tertiary/aromatic N) is 2. The molecular formula is C37H32N2O2. The molecule has 0 unspecified atom stereocenters. The lowest BCUT2D eigenvalue weighted by atomic mass is 9.57. The van der Waals surface area contributed by atoms with Crippen LogP contribution in [0, 0.1) is 5.41 Å². The summed E-state index contributed by atoms with van der Waals surface area (Å²) in [5, 5.41) is 16.7. The molecule has 4 aliphatic rings. The zero-order valence-electron chi connectivity index (χ0n) is 23.6. The maximum Gasteiger partial charge on any atom is 0.173 e. The summed E-state index contributed by atoms with van der Waals surface area (Å²) in [7, 11) is 2.13. The summed E-state index contributed by atoms with van der Waals surface area (Å²) in [5.41, 5.74) is 3.76. The van der Waals surface area contributed by atoms with E-state index < -0.39 is 16.6 Å². The third-order valence-electron chi connectivity index (χ3n) is 11.3. The first-order chi connectivity index (χ1) is 19.8. The van der Waals surface area contributed by atoms with Gasteiger partial charge >= 0.3 is 0 Å². The van der Waals surface area contributed by atoms with Crippen LogP contribution >= 0.6 is 0 Å². The summed E-state index contributed by atoms with van der Waals surface area (Å²) in [4.78, 5) is 22.9. The molecule has 4 nitrogen and oxygen atoms in total. The maximum atomic E-state index is 15.4. The van der Waals surface area contributed by atoms with E-state index in [2.05, 4.69) is 92.5 Å². The highest BCUT2D eigenvalue weighted by Gasteiger charge is 2.85. The number of para-hydroxylation sites is 1. The Morgan fingerprint density at radius 1 is 0.878 bits per heavy atom. The van der Waals surface area contributed by atoms with Crippen LogP contribution in [-0.2, 0) is 11.1 Å². The van der Waals surface area contributed by atoms with Crippen LogP contribution in [-0.4, -0.2) is 34.4 Å². The summed E-state index contributed by atoms with van der Waals surface area (Å²) >= 11 is 0. The lowest BCUT2D eigenvalue weighted by molar-refractivity contribution is -0.104. The van der Waals surface area contributed by atoms with Gasteiger partial charge in [-0.3, -0.25) is 14.7 Å². The van der Waals surface area contributed by atoms with Crippen LogP contribution in [0.5, 0.6) is 0 Å². The number of likely N-dealkylation sites (tertiary alicyclic amines) is 1. The average molecular weight is 537 g/mol. The number of fused-ring (bicyclic) bond motifs is 6. The van der Waals surface area contributed by atoms with Gasteiger partial charge in [-0.2, -0.15) is 0 Å². The maximum absolute atomic E-state index is 15.4. The number of likely N-dealkylation sites (N-methyl/N-ethyl adjacent to an activating group) is 1. The van der Waals surface area contributed by atoms with E-state index in [9.17, 15) is 5.11 Å². The van der Waals surface area contributed by atoms with Gasteiger partial charge in [-0.05, 0) is 64.5 Å². The second kappa shape index (κ2) is 7.50. The number of benzene rings is 4. The van der Waals surface area contributed by atoms with Gasteiger partial charge in [0.1, 0.15) is 5.60 Å². The fraction of sp³-hybridized carbons (Fsp3) is 0.297. The van der Waals surface area contributed by atoms with Crippen LogP contribution in [0.1, 0.15) is 76.3 Å². The van der Waals surface area contributed by atoms with Crippen molar-refractivity contribution in [3.8, 4) is 0 Å². The molecule has 2 heterocycles. The third-order valence-corrected chi connectivity index (χ3v) is 11.3. The quantitative estimate of drug-likeness (QED) is 0.264. The van der Waals surface area contributed by atoms with Crippen molar-refractivity contribution in [2.24, 2.45) is 5.41 Å². The van der Waals surface area contributed by atoms with Crippen LogP contribution in [0.3, 0.4) is 0 Å². The van der Waals surface area contributed by atoms with Gasteiger partial charge in [-0.25, -0.2) is 0 Å². The number of aliphatic hydroxyl groups is 1. The summed E-state index contributed by atoms with van der Waals surface area (Å²) in [6.45, 7) is 5.12. The largest absolute Gasteiger partial charge is 0.382 e. The van der Waals surface area contributed by atoms with E-state index in [1.807, 2.05) is 24.3 Å². The van der Waals surface area contributed by atoms with Crippen LogP contribution in [0.4, 0.5) is 0 Å². The first-order valence-corrected chi connectivity index (χ1v) is 14.8. The van der Waals surface area contributed by atoms with Crippen LogP contribution in [0.15, 0.2) is 91.0 Å². The van der Waals surface area contributed by atoms with Gasteiger partial charge in [0.25, 0.3) is 0 Å². The van der Waals surface area contributed by atoms with Crippen LogP contribution in [0.25, 0.3) is 21.7 Å². The van der Waals surface area contributed by atoms with Crippen molar-refractivity contribution in [2.75, 3.05) is 13.6 Å². The molecular weight excluding hydrogens is 504 g/mol. The Kier molecular flexibility index (Phi) is 4.35.